The number of benzene rings is 2. The smallest absolute Gasteiger partial charge is 0.223 e. The molecular weight excluding hydrogens is 438 g/mol. The molecule has 1 aliphatic rings. The van der Waals surface area contributed by atoms with Gasteiger partial charge in [0.2, 0.25) is 5.95 Å². The van der Waals surface area contributed by atoms with Gasteiger partial charge >= 0.3 is 0 Å². The fourth-order valence-corrected chi connectivity index (χ4v) is 4.23. The Balaban J connectivity index is 1.47. The summed E-state index contributed by atoms with van der Waals surface area (Å²) in [5, 5.41) is 16.6. The summed E-state index contributed by atoms with van der Waals surface area (Å²) in [6, 6.07) is 13.9. The van der Waals surface area contributed by atoms with E-state index in [2.05, 4.69) is 39.6 Å². The molecule has 3 aromatic rings. The van der Waals surface area contributed by atoms with Crippen LogP contribution in [0.1, 0.15) is 18.1 Å². The van der Waals surface area contributed by atoms with Crippen molar-refractivity contribution >= 4 is 17.5 Å². The molecule has 1 fully saturated rings. The third kappa shape index (κ3) is 5.93. The molecule has 3 N–H and O–H groups in total. The molecule has 4 rings (SSSR count). The Hall–Kier alpha value is -2.87. The van der Waals surface area contributed by atoms with E-state index in [9.17, 15) is 5.11 Å². The number of nitrogens with one attached hydrogen (secondary N) is 2. The van der Waals surface area contributed by atoms with Crippen LogP contribution in [0.5, 0.6) is 11.5 Å². The predicted molar refractivity (Wildman–Crippen MR) is 132 cm³/mol. The minimum absolute atomic E-state index is 0.0898. The van der Waals surface area contributed by atoms with Crippen LogP contribution in [0.15, 0.2) is 48.7 Å². The average Bonchev–Trinajstić information content (AvgIpc) is 2.83. The summed E-state index contributed by atoms with van der Waals surface area (Å²) in [6.07, 6.45) is 2.49. The second kappa shape index (κ2) is 10.8. The summed E-state index contributed by atoms with van der Waals surface area (Å²) in [4.78, 5) is 11.6. The average molecular weight is 468 g/mol. The molecular formula is C25H30ClN5O2. The summed E-state index contributed by atoms with van der Waals surface area (Å²) in [5.41, 5.74) is 4.02. The van der Waals surface area contributed by atoms with E-state index >= 15 is 0 Å². The molecule has 33 heavy (non-hydrogen) atoms. The lowest BCUT2D eigenvalue weighted by molar-refractivity contribution is 0.165. The first kappa shape index (κ1) is 23.3. The molecule has 2 aromatic carbocycles. The summed E-state index contributed by atoms with van der Waals surface area (Å²) in [7, 11) is 1.68. The first-order chi connectivity index (χ1) is 16.0. The maximum absolute atomic E-state index is 9.57. The molecule has 1 aromatic heterocycles. The fraction of sp³-hybridized carbons (Fsp3) is 0.360. The van der Waals surface area contributed by atoms with Crippen molar-refractivity contribution in [2.24, 2.45) is 0 Å². The lowest BCUT2D eigenvalue weighted by Gasteiger charge is -2.34. The van der Waals surface area contributed by atoms with Crippen LogP contribution in [0, 0.1) is 0 Å². The van der Waals surface area contributed by atoms with Crippen LogP contribution in [-0.2, 0) is 13.0 Å². The molecule has 8 heteroatoms. The number of hydrogen-bond donors (Lipinski definition) is 3. The third-order valence-electron chi connectivity index (χ3n) is 5.93. The predicted octanol–water partition coefficient (Wildman–Crippen LogP) is 3.96. The van der Waals surface area contributed by atoms with E-state index in [0.717, 1.165) is 55.2 Å². The van der Waals surface area contributed by atoms with Gasteiger partial charge in [-0.05, 0) is 54.8 Å². The normalized spacial score (nSPS) is 16.5. The first-order valence-electron chi connectivity index (χ1n) is 11.2. The highest BCUT2D eigenvalue weighted by Crippen LogP contribution is 2.31. The molecule has 7 nitrogen and oxygen atoms in total. The van der Waals surface area contributed by atoms with Gasteiger partial charge in [-0.1, -0.05) is 23.7 Å². The molecule has 0 unspecified atom stereocenters. The van der Waals surface area contributed by atoms with Crippen LogP contribution < -0.4 is 15.4 Å². The number of halogens is 1. The van der Waals surface area contributed by atoms with E-state index in [0.29, 0.717) is 23.6 Å². The molecule has 0 spiro atoms. The molecule has 1 aliphatic heterocycles. The highest BCUT2D eigenvalue weighted by molar-refractivity contribution is 6.32. The Morgan fingerprint density at radius 3 is 2.85 bits per heavy atom. The molecule has 174 valence electrons. The van der Waals surface area contributed by atoms with Crippen molar-refractivity contribution < 1.29 is 9.84 Å². The van der Waals surface area contributed by atoms with Gasteiger partial charge in [0.15, 0.2) is 0 Å². The topological polar surface area (TPSA) is 82.5 Å². The zero-order valence-electron chi connectivity index (χ0n) is 19.0. The Morgan fingerprint density at radius 2 is 2.06 bits per heavy atom. The van der Waals surface area contributed by atoms with Crippen molar-refractivity contribution in [3.8, 4) is 22.8 Å². The highest BCUT2D eigenvalue weighted by atomic mass is 35.5. The molecule has 0 amide bonds. The van der Waals surface area contributed by atoms with Gasteiger partial charge in [-0.3, -0.25) is 4.90 Å². The molecule has 0 radical (unpaired) electrons. The van der Waals surface area contributed by atoms with Crippen LogP contribution in [0.2, 0.25) is 5.02 Å². The molecule has 0 bridgehead atoms. The second-order valence-corrected chi connectivity index (χ2v) is 8.69. The van der Waals surface area contributed by atoms with Gasteiger partial charge in [0, 0.05) is 50.5 Å². The summed E-state index contributed by atoms with van der Waals surface area (Å²) < 4.78 is 5.63. The lowest BCUT2D eigenvalue weighted by atomic mass is 10.0. The number of anilines is 1. The van der Waals surface area contributed by atoms with Crippen molar-refractivity contribution in [2.45, 2.75) is 25.9 Å². The maximum atomic E-state index is 9.57. The largest absolute Gasteiger partial charge is 0.506 e. The van der Waals surface area contributed by atoms with Gasteiger partial charge in [-0.25, -0.2) is 9.97 Å². The minimum Gasteiger partial charge on any atom is -0.506 e. The summed E-state index contributed by atoms with van der Waals surface area (Å²) in [6.45, 7) is 6.86. The molecule has 1 atom stereocenters. The number of hydrogen-bond acceptors (Lipinski definition) is 7. The SMILES string of the molecule is COc1ccc(CN2CCNC[C@@H]2C)cc1-c1ccnc(NCCc2ccc(O)c(Cl)c2)n1. The van der Waals surface area contributed by atoms with Gasteiger partial charge in [0.25, 0.3) is 0 Å². The number of phenolic OH excluding ortho intramolecular Hbond substituents is 1. The highest BCUT2D eigenvalue weighted by Gasteiger charge is 2.19. The van der Waals surface area contributed by atoms with Crippen LogP contribution >= 0.6 is 11.6 Å². The number of piperazine rings is 1. The molecule has 2 heterocycles. The minimum atomic E-state index is 0.0898. The van der Waals surface area contributed by atoms with E-state index in [1.807, 2.05) is 18.2 Å². The lowest BCUT2D eigenvalue weighted by Crippen LogP contribution is -2.49. The second-order valence-electron chi connectivity index (χ2n) is 8.29. The summed E-state index contributed by atoms with van der Waals surface area (Å²) in [5.74, 6) is 1.43. The number of aromatic hydroxyl groups is 1. The van der Waals surface area contributed by atoms with Crippen LogP contribution in [0.3, 0.4) is 0 Å². The van der Waals surface area contributed by atoms with E-state index in [4.69, 9.17) is 21.3 Å². The van der Waals surface area contributed by atoms with E-state index in [-0.39, 0.29) is 5.75 Å². The maximum Gasteiger partial charge on any atom is 0.223 e. The number of nitrogens with zero attached hydrogens (tertiary/aromatic N) is 3. The van der Waals surface area contributed by atoms with Gasteiger partial charge in [0.1, 0.15) is 11.5 Å². The fourth-order valence-electron chi connectivity index (χ4n) is 4.02. The first-order valence-corrected chi connectivity index (χ1v) is 11.6. The van der Waals surface area contributed by atoms with Crippen molar-refractivity contribution in [3.05, 3.63) is 64.8 Å². The molecule has 0 saturated carbocycles. The zero-order chi connectivity index (χ0) is 23.2. The monoisotopic (exact) mass is 467 g/mol. The van der Waals surface area contributed by atoms with Crippen molar-refractivity contribution in [1.29, 1.82) is 0 Å². The Labute approximate surface area is 199 Å². The van der Waals surface area contributed by atoms with Crippen LogP contribution in [0.4, 0.5) is 5.95 Å². The molecule has 1 saturated heterocycles. The quantitative estimate of drug-likeness (QED) is 0.462. The van der Waals surface area contributed by atoms with Crippen molar-refractivity contribution in [2.75, 3.05) is 38.6 Å². The standard InChI is InChI=1S/C25H30ClN5O2/c1-17-15-27-11-12-31(17)16-19-4-6-24(33-2)20(13-19)22-8-10-29-25(30-22)28-9-7-18-3-5-23(32)21(26)14-18/h3-6,8,10,13-14,17,27,32H,7,9,11-12,15-16H2,1-2H3,(H,28,29,30)/t17-/m0/s1. The summed E-state index contributed by atoms with van der Waals surface area (Å²) >= 11 is 6.00. The number of phenols is 1. The van der Waals surface area contributed by atoms with Gasteiger partial charge in [-0.2, -0.15) is 0 Å². The van der Waals surface area contributed by atoms with Gasteiger partial charge < -0.3 is 20.5 Å². The van der Waals surface area contributed by atoms with E-state index in [1.165, 1.54) is 5.56 Å². The van der Waals surface area contributed by atoms with Crippen molar-refractivity contribution in [1.82, 2.24) is 20.2 Å². The zero-order valence-corrected chi connectivity index (χ0v) is 19.8. The van der Waals surface area contributed by atoms with Crippen LogP contribution in [0.25, 0.3) is 11.3 Å². The van der Waals surface area contributed by atoms with Gasteiger partial charge in [-0.15, -0.1) is 0 Å². The van der Waals surface area contributed by atoms with Crippen LogP contribution in [-0.4, -0.2) is 59.3 Å². The molecule has 0 aliphatic carbocycles. The number of aromatic nitrogens is 2. The number of ether oxygens (including phenoxy) is 1. The Kier molecular flexibility index (Phi) is 7.65. The Bertz CT molecular complexity index is 1090. The van der Waals surface area contributed by atoms with Crippen molar-refractivity contribution in [3.63, 3.8) is 0 Å². The van der Waals surface area contributed by atoms with E-state index in [1.54, 1.807) is 25.4 Å². The number of rotatable bonds is 8. The Morgan fingerprint density at radius 1 is 1.21 bits per heavy atom. The van der Waals surface area contributed by atoms with Gasteiger partial charge in [0.05, 0.1) is 17.8 Å². The third-order valence-corrected chi connectivity index (χ3v) is 6.23. The number of methoxy groups -OCH3 is 1. The van der Waals surface area contributed by atoms with E-state index < -0.39 is 0 Å².